The van der Waals surface area contributed by atoms with Crippen molar-refractivity contribution in [1.82, 2.24) is 20.0 Å². The summed E-state index contributed by atoms with van der Waals surface area (Å²) in [5.74, 6) is -0.149. The van der Waals surface area contributed by atoms with Gasteiger partial charge in [-0.3, -0.25) is 9.48 Å². The van der Waals surface area contributed by atoms with Crippen molar-refractivity contribution in [3.8, 4) is 0 Å². The highest BCUT2D eigenvalue weighted by Gasteiger charge is 2.22. The highest BCUT2D eigenvalue weighted by molar-refractivity contribution is 5.97. The molecule has 0 aromatic carbocycles. The van der Waals surface area contributed by atoms with Crippen LogP contribution >= 0.6 is 0 Å². The largest absolute Gasteiger partial charge is 0.396 e. The maximum atomic E-state index is 12.2. The number of anilines is 1. The van der Waals surface area contributed by atoms with Crippen molar-refractivity contribution in [2.24, 2.45) is 0 Å². The first-order valence-electron chi connectivity index (χ1n) is 7.50. The molecule has 0 spiro atoms. The second-order valence-corrected chi connectivity index (χ2v) is 5.38. The molecule has 1 aromatic heterocycles. The van der Waals surface area contributed by atoms with Crippen LogP contribution < -0.4 is 11.1 Å². The van der Waals surface area contributed by atoms with Crippen molar-refractivity contribution in [3.05, 3.63) is 11.9 Å². The number of nitrogens with one attached hydrogen (secondary N) is 1. The minimum atomic E-state index is -0.149. The molecule has 20 heavy (non-hydrogen) atoms. The first-order chi connectivity index (χ1) is 9.63. The van der Waals surface area contributed by atoms with Crippen LogP contribution in [0.5, 0.6) is 0 Å². The van der Waals surface area contributed by atoms with Crippen molar-refractivity contribution in [1.29, 1.82) is 0 Å². The molecule has 6 heteroatoms. The predicted octanol–water partition coefficient (Wildman–Crippen LogP) is 1.09. The van der Waals surface area contributed by atoms with Gasteiger partial charge in [0.1, 0.15) is 0 Å². The van der Waals surface area contributed by atoms with Crippen molar-refractivity contribution in [2.45, 2.75) is 45.7 Å². The van der Waals surface area contributed by atoms with Crippen LogP contribution in [0.1, 0.15) is 43.6 Å². The number of hydrogen-bond acceptors (Lipinski definition) is 4. The summed E-state index contributed by atoms with van der Waals surface area (Å²) in [6.07, 6.45) is 4.89. The van der Waals surface area contributed by atoms with Gasteiger partial charge in [-0.25, -0.2) is 0 Å². The number of nitrogens with zero attached hydrogens (tertiary/aromatic N) is 3. The number of nitrogens with two attached hydrogens (primary N) is 1. The number of rotatable bonds is 5. The smallest absolute Gasteiger partial charge is 0.274 e. The summed E-state index contributed by atoms with van der Waals surface area (Å²) in [6.45, 7) is 8.13. The third kappa shape index (κ3) is 3.50. The lowest BCUT2D eigenvalue weighted by molar-refractivity contribution is 0.0906. The van der Waals surface area contributed by atoms with E-state index < -0.39 is 0 Å². The molecular weight excluding hydrogens is 254 g/mol. The van der Waals surface area contributed by atoms with E-state index in [4.69, 9.17) is 5.73 Å². The normalized spacial score (nSPS) is 17.3. The fourth-order valence-corrected chi connectivity index (χ4v) is 2.65. The molecule has 0 aliphatic carbocycles. The maximum absolute atomic E-state index is 12.2. The quantitative estimate of drug-likeness (QED) is 0.846. The molecule has 1 aliphatic rings. The van der Waals surface area contributed by atoms with Gasteiger partial charge in [-0.05, 0) is 32.7 Å². The summed E-state index contributed by atoms with van der Waals surface area (Å²) < 4.78 is 1.69. The Kier molecular flexibility index (Phi) is 5.00. The van der Waals surface area contributed by atoms with E-state index in [-0.39, 0.29) is 11.9 Å². The Labute approximate surface area is 120 Å². The van der Waals surface area contributed by atoms with Crippen LogP contribution in [0.3, 0.4) is 0 Å². The standard InChI is InChI=1S/C14H25N5O/c1-3-7-18-8-5-11(6-9-18)16-14(20)13-12(15)10-19(4-2)17-13/h10-11H,3-9,15H2,1-2H3,(H,16,20). The van der Waals surface area contributed by atoms with E-state index in [9.17, 15) is 4.79 Å². The number of nitrogen functional groups attached to an aromatic ring is 1. The molecule has 1 aromatic rings. The number of aryl methyl sites for hydroxylation is 1. The zero-order chi connectivity index (χ0) is 14.5. The first-order valence-corrected chi connectivity index (χ1v) is 7.50. The lowest BCUT2D eigenvalue weighted by Crippen LogP contribution is -2.45. The molecule has 1 amide bonds. The summed E-state index contributed by atoms with van der Waals surface area (Å²) in [6, 6.07) is 0.238. The average Bonchev–Trinajstić information content (AvgIpc) is 2.83. The van der Waals surface area contributed by atoms with Crippen molar-refractivity contribution in [2.75, 3.05) is 25.4 Å². The number of carbonyl (C=O) groups is 1. The van der Waals surface area contributed by atoms with Gasteiger partial charge < -0.3 is 16.0 Å². The van der Waals surface area contributed by atoms with Gasteiger partial charge in [0, 0.05) is 31.9 Å². The molecule has 1 aliphatic heterocycles. The Balaban J connectivity index is 1.87. The topological polar surface area (TPSA) is 76.2 Å². The van der Waals surface area contributed by atoms with E-state index in [1.54, 1.807) is 10.9 Å². The van der Waals surface area contributed by atoms with Gasteiger partial charge in [-0.1, -0.05) is 6.92 Å². The van der Waals surface area contributed by atoms with Gasteiger partial charge >= 0.3 is 0 Å². The summed E-state index contributed by atoms with van der Waals surface area (Å²) in [4.78, 5) is 14.6. The minimum absolute atomic E-state index is 0.149. The SMILES string of the molecule is CCCN1CCC(NC(=O)c2nn(CC)cc2N)CC1. The van der Waals surface area contributed by atoms with Gasteiger partial charge in [-0.2, -0.15) is 5.10 Å². The van der Waals surface area contributed by atoms with Gasteiger partial charge in [0.25, 0.3) is 5.91 Å². The Morgan fingerprint density at radius 3 is 2.70 bits per heavy atom. The van der Waals surface area contributed by atoms with Crippen molar-refractivity contribution in [3.63, 3.8) is 0 Å². The number of likely N-dealkylation sites (tertiary alicyclic amines) is 1. The first kappa shape index (κ1) is 14.8. The Bertz CT molecular complexity index is 448. The molecule has 112 valence electrons. The Hall–Kier alpha value is -1.56. The zero-order valence-corrected chi connectivity index (χ0v) is 12.4. The molecule has 6 nitrogen and oxygen atoms in total. The van der Waals surface area contributed by atoms with Gasteiger partial charge in [0.2, 0.25) is 0 Å². The summed E-state index contributed by atoms with van der Waals surface area (Å²) in [7, 11) is 0. The summed E-state index contributed by atoms with van der Waals surface area (Å²) >= 11 is 0. The molecule has 0 bridgehead atoms. The average molecular weight is 279 g/mol. The third-order valence-electron chi connectivity index (χ3n) is 3.79. The van der Waals surface area contributed by atoms with Gasteiger partial charge in [0.15, 0.2) is 5.69 Å². The molecule has 0 saturated carbocycles. The highest BCUT2D eigenvalue weighted by atomic mass is 16.2. The van der Waals surface area contributed by atoms with Crippen LogP contribution in [0.15, 0.2) is 6.20 Å². The van der Waals surface area contributed by atoms with E-state index >= 15 is 0 Å². The molecule has 0 atom stereocenters. The maximum Gasteiger partial charge on any atom is 0.274 e. The Morgan fingerprint density at radius 1 is 1.45 bits per heavy atom. The van der Waals surface area contributed by atoms with Crippen molar-refractivity contribution < 1.29 is 4.79 Å². The van der Waals surface area contributed by atoms with Gasteiger partial charge in [-0.15, -0.1) is 0 Å². The van der Waals surface area contributed by atoms with Crippen LogP contribution in [-0.2, 0) is 6.54 Å². The molecular formula is C14H25N5O. The molecule has 0 radical (unpaired) electrons. The van der Waals surface area contributed by atoms with E-state index in [0.29, 0.717) is 17.9 Å². The molecule has 2 heterocycles. The highest BCUT2D eigenvalue weighted by Crippen LogP contribution is 2.13. The predicted molar refractivity (Wildman–Crippen MR) is 79.5 cm³/mol. The zero-order valence-electron chi connectivity index (χ0n) is 12.4. The number of amides is 1. The second-order valence-electron chi connectivity index (χ2n) is 5.38. The summed E-state index contributed by atoms with van der Waals surface area (Å²) in [5.41, 5.74) is 6.63. The Morgan fingerprint density at radius 2 is 2.15 bits per heavy atom. The van der Waals surface area contributed by atoms with Crippen molar-refractivity contribution >= 4 is 11.6 Å². The van der Waals surface area contributed by atoms with Crippen LogP contribution in [0.4, 0.5) is 5.69 Å². The minimum Gasteiger partial charge on any atom is -0.396 e. The number of carbonyl (C=O) groups excluding carboxylic acids is 1. The van der Waals surface area contributed by atoms with E-state index in [2.05, 4.69) is 22.2 Å². The van der Waals surface area contributed by atoms with Gasteiger partial charge in [0.05, 0.1) is 5.69 Å². The van der Waals surface area contributed by atoms with E-state index in [1.807, 2.05) is 6.92 Å². The van der Waals surface area contributed by atoms with Crippen LogP contribution in [0.25, 0.3) is 0 Å². The fourth-order valence-electron chi connectivity index (χ4n) is 2.65. The third-order valence-corrected chi connectivity index (χ3v) is 3.79. The van der Waals surface area contributed by atoms with Crippen LogP contribution in [0.2, 0.25) is 0 Å². The molecule has 1 saturated heterocycles. The summed E-state index contributed by atoms with van der Waals surface area (Å²) in [5, 5.41) is 7.26. The molecule has 0 unspecified atom stereocenters. The monoisotopic (exact) mass is 279 g/mol. The van der Waals surface area contributed by atoms with Crippen LogP contribution in [0, 0.1) is 0 Å². The number of aromatic nitrogens is 2. The second kappa shape index (κ2) is 6.74. The lowest BCUT2D eigenvalue weighted by atomic mass is 10.0. The van der Waals surface area contributed by atoms with E-state index in [0.717, 1.165) is 32.5 Å². The molecule has 1 fully saturated rings. The van der Waals surface area contributed by atoms with E-state index in [1.165, 1.54) is 6.42 Å². The molecule has 2 rings (SSSR count). The molecule has 3 N–H and O–H groups in total. The number of piperidine rings is 1. The lowest BCUT2D eigenvalue weighted by Gasteiger charge is -2.31. The number of hydrogen-bond donors (Lipinski definition) is 2. The fraction of sp³-hybridized carbons (Fsp3) is 0.714. The van der Waals surface area contributed by atoms with Crippen LogP contribution in [-0.4, -0.2) is 46.3 Å².